The van der Waals surface area contributed by atoms with Crippen LogP contribution >= 0.6 is 11.6 Å². The molecule has 1 aliphatic heterocycles. The van der Waals surface area contributed by atoms with Crippen molar-refractivity contribution in [1.29, 1.82) is 0 Å². The third-order valence-corrected chi connectivity index (χ3v) is 2.66. The third-order valence-electron chi connectivity index (χ3n) is 2.29. The van der Waals surface area contributed by atoms with Crippen molar-refractivity contribution in [3.63, 3.8) is 0 Å². The van der Waals surface area contributed by atoms with Crippen molar-refractivity contribution in [1.82, 2.24) is 0 Å². The molecule has 1 saturated heterocycles. The summed E-state index contributed by atoms with van der Waals surface area (Å²) in [7, 11) is 0. The summed E-state index contributed by atoms with van der Waals surface area (Å²) < 4.78 is 20.1. The monoisotopic (exact) mass is 294 g/mol. The highest BCUT2D eigenvalue weighted by Crippen LogP contribution is 2.26. The van der Waals surface area contributed by atoms with Crippen molar-refractivity contribution >= 4 is 29.5 Å². The van der Waals surface area contributed by atoms with Crippen LogP contribution in [0.3, 0.4) is 0 Å². The lowest BCUT2D eigenvalue weighted by Gasteiger charge is -2.38. The highest BCUT2D eigenvalue weighted by Gasteiger charge is 2.46. The Morgan fingerprint density at radius 3 is 1.89 bits per heavy atom. The van der Waals surface area contributed by atoms with Crippen molar-refractivity contribution in [2.45, 2.75) is 44.6 Å². The van der Waals surface area contributed by atoms with Crippen LogP contribution < -0.4 is 0 Å². The van der Waals surface area contributed by atoms with Gasteiger partial charge in [0.05, 0.1) is 6.61 Å². The maximum atomic E-state index is 11.1. The van der Waals surface area contributed by atoms with Gasteiger partial charge in [0.1, 0.15) is 0 Å². The van der Waals surface area contributed by atoms with Gasteiger partial charge in [0.15, 0.2) is 23.9 Å². The minimum absolute atomic E-state index is 0.0521. The number of rotatable bonds is 3. The summed E-state index contributed by atoms with van der Waals surface area (Å²) in [6.45, 7) is 3.53. The van der Waals surface area contributed by atoms with E-state index in [1.165, 1.54) is 20.8 Å². The zero-order valence-electron chi connectivity index (χ0n) is 10.8. The Hall–Kier alpha value is -1.34. The number of carbonyl (C=O) groups is 3. The summed E-state index contributed by atoms with van der Waals surface area (Å²) in [5.74, 6) is -1.79. The molecular formula is C11H15ClO7. The van der Waals surface area contributed by atoms with Crippen LogP contribution in [0.25, 0.3) is 0 Å². The number of alkyl halides is 1. The van der Waals surface area contributed by atoms with Gasteiger partial charge in [-0.2, -0.15) is 0 Å². The number of ether oxygens (including phenoxy) is 4. The second kappa shape index (κ2) is 6.72. The summed E-state index contributed by atoms with van der Waals surface area (Å²) in [6, 6.07) is 0. The lowest BCUT2D eigenvalue weighted by atomic mass is 10.1. The SMILES string of the molecule is CC(=O)O[C@@H]1[C@H](OC(C)=O)[C@H](OC(C)=O)CO[C@H]1Cl. The highest BCUT2D eigenvalue weighted by atomic mass is 35.5. The van der Waals surface area contributed by atoms with E-state index in [9.17, 15) is 14.4 Å². The van der Waals surface area contributed by atoms with E-state index in [1.54, 1.807) is 0 Å². The molecule has 0 saturated carbocycles. The van der Waals surface area contributed by atoms with Crippen LogP contribution in [-0.2, 0) is 33.3 Å². The highest BCUT2D eigenvalue weighted by molar-refractivity contribution is 6.20. The second-order valence-electron chi connectivity index (χ2n) is 3.98. The van der Waals surface area contributed by atoms with E-state index in [4.69, 9.17) is 30.5 Å². The number of carbonyl (C=O) groups excluding carboxylic acids is 3. The molecule has 1 rings (SSSR count). The fourth-order valence-electron chi connectivity index (χ4n) is 1.70. The smallest absolute Gasteiger partial charge is 0.303 e. The van der Waals surface area contributed by atoms with E-state index in [0.29, 0.717) is 0 Å². The molecule has 19 heavy (non-hydrogen) atoms. The predicted molar refractivity (Wildman–Crippen MR) is 62.3 cm³/mol. The molecule has 0 spiro atoms. The van der Waals surface area contributed by atoms with Crippen molar-refractivity contribution in [2.75, 3.05) is 6.61 Å². The molecule has 1 aliphatic rings. The van der Waals surface area contributed by atoms with Gasteiger partial charge in [0.25, 0.3) is 0 Å². The standard InChI is InChI=1S/C11H15ClO7/c1-5(13)17-8-4-16-11(12)10(19-7(3)15)9(8)18-6(2)14/h8-11H,4H2,1-3H3/t8-,9-,10-,11-/m1/s1. The van der Waals surface area contributed by atoms with E-state index in [-0.39, 0.29) is 6.61 Å². The van der Waals surface area contributed by atoms with E-state index in [0.717, 1.165) is 0 Å². The lowest BCUT2D eigenvalue weighted by Crippen LogP contribution is -2.55. The minimum Gasteiger partial charge on any atom is -0.456 e. The van der Waals surface area contributed by atoms with E-state index >= 15 is 0 Å². The Kier molecular flexibility index (Phi) is 5.56. The minimum atomic E-state index is -1.04. The van der Waals surface area contributed by atoms with Gasteiger partial charge in [-0.3, -0.25) is 14.4 Å². The molecule has 0 aromatic carbocycles. The Labute approximate surface area is 115 Å². The molecule has 0 aromatic heterocycles. The molecule has 4 atom stereocenters. The molecule has 0 bridgehead atoms. The molecule has 8 heteroatoms. The topological polar surface area (TPSA) is 88.1 Å². The summed E-state index contributed by atoms with van der Waals surface area (Å²) in [4.78, 5) is 33.1. The van der Waals surface area contributed by atoms with Crippen LogP contribution in [0.1, 0.15) is 20.8 Å². The molecular weight excluding hydrogens is 280 g/mol. The van der Waals surface area contributed by atoms with Gasteiger partial charge in [-0.25, -0.2) is 0 Å². The molecule has 7 nitrogen and oxygen atoms in total. The molecule has 1 heterocycles. The van der Waals surface area contributed by atoms with Crippen LogP contribution in [0.4, 0.5) is 0 Å². The first kappa shape index (κ1) is 15.7. The van der Waals surface area contributed by atoms with Crippen LogP contribution in [0, 0.1) is 0 Å². The fourth-order valence-corrected chi connectivity index (χ4v) is 1.97. The van der Waals surface area contributed by atoms with Crippen molar-refractivity contribution in [2.24, 2.45) is 0 Å². The van der Waals surface area contributed by atoms with Crippen LogP contribution in [0.2, 0.25) is 0 Å². The number of halogens is 1. The summed E-state index contributed by atoms with van der Waals surface area (Å²) in [6.07, 6.45) is -2.91. The molecule has 0 N–H and O–H groups in total. The largest absolute Gasteiger partial charge is 0.456 e. The Morgan fingerprint density at radius 2 is 1.42 bits per heavy atom. The van der Waals surface area contributed by atoms with Gasteiger partial charge < -0.3 is 18.9 Å². The van der Waals surface area contributed by atoms with E-state index in [1.807, 2.05) is 0 Å². The zero-order valence-corrected chi connectivity index (χ0v) is 11.5. The Balaban J connectivity index is 2.89. The van der Waals surface area contributed by atoms with E-state index in [2.05, 4.69) is 0 Å². The number of hydrogen-bond donors (Lipinski definition) is 0. The molecule has 0 amide bonds. The summed E-state index contributed by atoms with van der Waals surface area (Å²) in [5.41, 5.74) is -0.986. The quantitative estimate of drug-likeness (QED) is 0.422. The van der Waals surface area contributed by atoms with Crippen LogP contribution in [-0.4, -0.2) is 48.4 Å². The van der Waals surface area contributed by atoms with Crippen LogP contribution in [0.15, 0.2) is 0 Å². The fraction of sp³-hybridized carbons (Fsp3) is 0.727. The first-order chi connectivity index (χ1) is 8.81. The molecule has 1 fully saturated rings. The maximum Gasteiger partial charge on any atom is 0.303 e. The first-order valence-electron chi connectivity index (χ1n) is 5.58. The van der Waals surface area contributed by atoms with Gasteiger partial charge in [0.2, 0.25) is 0 Å². The average molecular weight is 295 g/mol. The van der Waals surface area contributed by atoms with Crippen molar-refractivity contribution in [3.8, 4) is 0 Å². The van der Waals surface area contributed by atoms with Crippen molar-refractivity contribution in [3.05, 3.63) is 0 Å². The summed E-state index contributed by atoms with van der Waals surface area (Å²) in [5, 5.41) is 0. The molecule has 108 valence electrons. The Bertz CT molecular complexity index is 370. The van der Waals surface area contributed by atoms with Crippen molar-refractivity contribution < 1.29 is 33.3 Å². The van der Waals surface area contributed by atoms with Gasteiger partial charge in [0, 0.05) is 20.8 Å². The van der Waals surface area contributed by atoms with Gasteiger partial charge in [-0.05, 0) is 0 Å². The molecule has 0 aromatic rings. The second-order valence-corrected chi connectivity index (χ2v) is 4.41. The summed E-state index contributed by atoms with van der Waals surface area (Å²) >= 11 is 5.88. The van der Waals surface area contributed by atoms with Gasteiger partial charge >= 0.3 is 17.9 Å². The van der Waals surface area contributed by atoms with Gasteiger partial charge in [-0.1, -0.05) is 11.6 Å². The molecule has 0 aliphatic carbocycles. The molecule has 0 unspecified atom stereocenters. The first-order valence-corrected chi connectivity index (χ1v) is 6.02. The van der Waals surface area contributed by atoms with Crippen LogP contribution in [0.5, 0.6) is 0 Å². The Morgan fingerprint density at radius 1 is 0.947 bits per heavy atom. The van der Waals surface area contributed by atoms with E-state index < -0.39 is 41.8 Å². The number of hydrogen-bond acceptors (Lipinski definition) is 7. The normalized spacial score (nSPS) is 30.3. The predicted octanol–water partition coefficient (Wildman–Crippen LogP) is 0.377. The molecule has 0 radical (unpaired) electrons. The third kappa shape index (κ3) is 4.68. The maximum absolute atomic E-state index is 11.1. The average Bonchev–Trinajstić information content (AvgIpc) is 2.25. The van der Waals surface area contributed by atoms with Gasteiger partial charge in [-0.15, -0.1) is 0 Å². The zero-order chi connectivity index (χ0) is 14.6. The lowest BCUT2D eigenvalue weighted by molar-refractivity contribution is -0.214. The number of esters is 3.